The van der Waals surface area contributed by atoms with E-state index < -0.39 is 31.1 Å². The molecule has 0 heterocycles. The van der Waals surface area contributed by atoms with Gasteiger partial charge in [-0.15, -0.1) is 0 Å². The van der Waals surface area contributed by atoms with Gasteiger partial charge in [-0.25, -0.2) is 0 Å². The van der Waals surface area contributed by atoms with Gasteiger partial charge in [-0.3, -0.25) is 0 Å². The summed E-state index contributed by atoms with van der Waals surface area (Å²) in [5.41, 5.74) is 0. The predicted octanol–water partition coefficient (Wildman–Crippen LogP) is -5.14. The third-order valence-electron chi connectivity index (χ3n) is 0. The molecule has 0 spiro atoms. The number of halogens is 2. The van der Waals surface area contributed by atoms with Gasteiger partial charge < -0.3 is 16.8 Å². The van der Waals surface area contributed by atoms with Crippen molar-refractivity contribution >= 4 is 37.7 Å². The summed E-state index contributed by atoms with van der Waals surface area (Å²) in [6.45, 7) is 0. The Hall–Kier alpha value is 2.06. The molecule has 0 atom stereocenters. The van der Waals surface area contributed by atoms with E-state index in [-0.39, 0.29) is 37.7 Å². The van der Waals surface area contributed by atoms with Crippen molar-refractivity contribution in [1.82, 2.24) is 0 Å². The molecule has 7 heavy (non-hydrogen) atoms. The minimum absolute atomic E-state index is 0. The van der Waals surface area contributed by atoms with Gasteiger partial charge in [0, 0.05) is 0 Å². The van der Waals surface area contributed by atoms with E-state index in [0.29, 0.717) is 0 Å². The van der Waals surface area contributed by atoms with Crippen LogP contribution in [0.5, 0.6) is 0 Å². The summed E-state index contributed by atoms with van der Waals surface area (Å²) >= 11 is -2.88. The molecule has 0 N–H and O–H groups in total. The molecule has 40 valence electrons. The first-order valence-corrected chi connectivity index (χ1v) is 3.21. The van der Waals surface area contributed by atoms with Gasteiger partial charge in [0.25, 0.3) is 0 Å². The molecule has 0 aromatic carbocycles. The Morgan fingerprint density at radius 3 is 0.714 bits per heavy atom. The fourth-order valence-corrected chi connectivity index (χ4v) is 0. The molecule has 0 aliphatic carbocycles. The largest absolute Gasteiger partial charge is 2.00 e. The van der Waals surface area contributed by atoms with Gasteiger partial charge in [0.1, 0.15) is 0 Å². The summed E-state index contributed by atoms with van der Waals surface area (Å²) in [5.74, 6) is 0. The van der Waals surface area contributed by atoms with Crippen molar-refractivity contribution in [3.63, 3.8) is 0 Å². The van der Waals surface area contributed by atoms with Crippen LogP contribution in [0.15, 0.2) is 0 Å². The van der Waals surface area contributed by atoms with Crippen LogP contribution in [0.25, 0.3) is 0 Å². The SMILES string of the molecule is [Ca+2].[O-][Br+][O-].[O-][Br+][O-]. The number of rotatable bonds is 0. The van der Waals surface area contributed by atoms with Crippen LogP contribution in [-0.4, -0.2) is 37.7 Å². The second-order valence-electron chi connectivity index (χ2n) is 0.126. The van der Waals surface area contributed by atoms with Crippen LogP contribution in [0, 0.1) is 31.1 Å². The molecule has 0 saturated carbocycles. The molecule has 0 amide bonds. The number of hydrogen-bond acceptors (Lipinski definition) is 4. The first-order valence-electron chi connectivity index (χ1n) is 0.617. The van der Waals surface area contributed by atoms with E-state index in [0.717, 1.165) is 0 Å². The minimum atomic E-state index is -1.44. The molecule has 4 nitrogen and oxygen atoms in total. The second-order valence-corrected chi connectivity index (χ2v) is 0.655. The van der Waals surface area contributed by atoms with Gasteiger partial charge in [-0.1, -0.05) is 0 Å². The standard InChI is InChI=1S/2BrO2.Ca/c2*2-1-3;/q2*-1;+2. The molecule has 7 heteroatoms. The third kappa shape index (κ3) is 69.8. The van der Waals surface area contributed by atoms with Crippen molar-refractivity contribution in [2.45, 2.75) is 0 Å². The fraction of sp³-hybridized carbons (Fsp3) is 0. The van der Waals surface area contributed by atoms with Crippen LogP contribution in [0.4, 0.5) is 0 Å². The molecule has 0 aromatic rings. The molecule has 0 bridgehead atoms. The molecule has 0 fully saturated rings. The normalized spacial score (nSPS) is 5.14. The van der Waals surface area contributed by atoms with Gasteiger partial charge in [0.05, 0.1) is 0 Å². The second kappa shape index (κ2) is 24.4. The summed E-state index contributed by atoms with van der Waals surface area (Å²) in [4.78, 5) is 0. The van der Waals surface area contributed by atoms with Crippen molar-refractivity contribution in [1.29, 1.82) is 0 Å². The van der Waals surface area contributed by atoms with E-state index in [9.17, 15) is 0 Å². The average molecular weight is 264 g/mol. The molecular weight excluding hydrogens is 264 g/mol. The predicted molar refractivity (Wildman–Crippen MR) is 5.75 cm³/mol. The van der Waals surface area contributed by atoms with E-state index in [4.69, 9.17) is 16.8 Å². The van der Waals surface area contributed by atoms with Crippen LogP contribution in [0.2, 0.25) is 0 Å². The third-order valence-corrected chi connectivity index (χ3v) is 0. The summed E-state index contributed by atoms with van der Waals surface area (Å²) < 4.78 is 33.6. The molecular formula is Br2CaO4. The zero-order valence-corrected chi connectivity index (χ0v) is 8.48. The van der Waals surface area contributed by atoms with Crippen LogP contribution >= 0.6 is 0 Å². The fourth-order valence-electron chi connectivity index (χ4n) is 0. The van der Waals surface area contributed by atoms with E-state index in [1.807, 2.05) is 0 Å². The monoisotopic (exact) mass is 262 g/mol. The van der Waals surface area contributed by atoms with Gasteiger partial charge in [0.15, 0.2) is 31.1 Å². The maximum absolute atomic E-state index is 8.41. The first kappa shape index (κ1) is 16.0. The Bertz CT molecular complexity index is 11.7. The molecule has 0 unspecified atom stereocenters. The smallest absolute Gasteiger partial charge is 0.585 e. The molecule has 0 aliphatic heterocycles. The summed E-state index contributed by atoms with van der Waals surface area (Å²) in [5, 5.41) is 0. The van der Waals surface area contributed by atoms with Crippen LogP contribution in [0.3, 0.4) is 0 Å². The number of hydrogen-bond donors (Lipinski definition) is 0. The Kier molecular flexibility index (Phi) is 55.8. The van der Waals surface area contributed by atoms with E-state index in [2.05, 4.69) is 0 Å². The molecule has 0 rings (SSSR count). The zero-order chi connectivity index (χ0) is 5.41. The van der Waals surface area contributed by atoms with Gasteiger partial charge in [-0.05, 0) is 0 Å². The maximum atomic E-state index is 8.41. The quantitative estimate of drug-likeness (QED) is 0.409. The van der Waals surface area contributed by atoms with Gasteiger partial charge in [-0.2, -0.15) is 0 Å². The van der Waals surface area contributed by atoms with E-state index >= 15 is 0 Å². The summed E-state index contributed by atoms with van der Waals surface area (Å²) in [6.07, 6.45) is 0. The Morgan fingerprint density at radius 2 is 0.714 bits per heavy atom. The first-order chi connectivity index (χ1) is 2.83. The van der Waals surface area contributed by atoms with E-state index in [1.54, 1.807) is 0 Å². The minimum Gasteiger partial charge on any atom is -0.585 e. The molecule has 0 aromatic heterocycles. The van der Waals surface area contributed by atoms with Crippen molar-refractivity contribution in [2.24, 2.45) is 0 Å². The molecule has 0 aliphatic rings. The maximum Gasteiger partial charge on any atom is 2.00 e. The van der Waals surface area contributed by atoms with Crippen LogP contribution in [-0.2, 0) is 0 Å². The zero-order valence-electron chi connectivity index (χ0n) is 3.10. The van der Waals surface area contributed by atoms with Crippen molar-refractivity contribution in [3.05, 3.63) is 0 Å². The van der Waals surface area contributed by atoms with Crippen LogP contribution < -0.4 is 16.8 Å². The Balaban J connectivity index is -0.0000000400. The Morgan fingerprint density at radius 1 is 0.714 bits per heavy atom. The Labute approximate surface area is 84.4 Å². The molecule has 0 saturated heterocycles. The van der Waals surface area contributed by atoms with E-state index in [1.165, 1.54) is 0 Å². The van der Waals surface area contributed by atoms with Crippen molar-refractivity contribution in [2.75, 3.05) is 0 Å². The summed E-state index contributed by atoms with van der Waals surface area (Å²) in [7, 11) is 0. The van der Waals surface area contributed by atoms with Crippen molar-refractivity contribution < 1.29 is 47.9 Å². The van der Waals surface area contributed by atoms with Crippen LogP contribution in [0.1, 0.15) is 0 Å². The average Bonchev–Trinajstić information content (AvgIpc) is 1.39. The summed E-state index contributed by atoms with van der Waals surface area (Å²) in [6, 6.07) is 0. The van der Waals surface area contributed by atoms with Crippen molar-refractivity contribution in [3.8, 4) is 0 Å². The van der Waals surface area contributed by atoms with Gasteiger partial charge in [0.2, 0.25) is 0 Å². The van der Waals surface area contributed by atoms with Gasteiger partial charge >= 0.3 is 37.7 Å². The molecule has 0 radical (unpaired) electrons. The topological polar surface area (TPSA) is 92.2 Å².